The Bertz CT molecular complexity index is 265. The van der Waals surface area contributed by atoms with E-state index in [2.05, 4.69) is 48.5 Å². The Hall–Kier alpha value is 0. The summed E-state index contributed by atoms with van der Waals surface area (Å²) in [5.74, 6) is 6.43. The lowest BCUT2D eigenvalue weighted by Crippen LogP contribution is -2.31. The Morgan fingerprint density at radius 2 is 1.25 bits per heavy atom. The molecular formula is C16H30. The SMILES string of the molecule is CC1CC2C(C)C(C)C(C)C(C)C1C2(C)C. The molecule has 0 amide bonds. The minimum absolute atomic E-state index is 0.567. The van der Waals surface area contributed by atoms with E-state index in [0.717, 1.165) is 41.4 Å². The van der Waals surface area contributed by atoms with E-state index < -0.39 is 0 Å². The summed E-state index contributed by atoms with van der Waals surface area (Å²) >= 11 is 0. The molecule has 0 N–H and O–H groups in total. The summed E-state index contributed by atoms with van der Waals surface area (Å²) in [4.78, 5) is 0. The molecule has 7 unspecified atom stereocenters. The van der Waals surface area contributed by atoms with Crippen LogP contribution in [0.2, 0.25) is 0 Å². The zero-order valence-electron chi connectivity index (χ0n) is 12.2. The second kappa shape index (κ2) is 3.75. The Morgan fingerprint density at radius 3 is 1.81 bits per heavy atom. The summed E-state index contributed by atoms with van der Waals surface area (Å²) in [6.45, 7) is 17.6. The number of hydrogen-bond acceptors (Lipinski definition) is 0. The van der Waals surface area contributed by atoms with Crippen LogP contribution < -0.4 is 0 Å². The molecule has 2 aliphatic carbocycles. The summed E-state index contributed by atoms with van der Waals surface area (Å²) in [6.07, 6.45) is 1.47. The molecule has 2 saturated carbocycles. The van der Waals surface area contributed by atoms with Crippen LogP contribution in [0.15, 0.2) is 0 Å². The van der Waals surface area contributed by atoms with Crippen molar-refractivity contribution in [1.82, 2.24) is 0 Å². The van der Waals surface area contributed by atoms with Crippen LogP contribution >= 0.6 is 0 Å². The lowest BCUT2D eigenvalue weighted by atomic mass is 9.68. The average Bonchev–Trinajstić information content (AvgIpc) is 2.42. The predicted octanol–water partition coefficient (Wildman–Crippen LogP) is 4.84. The lowest BCUT2D eigenvalue weighted by Gasteiger charge is -2.37. The molecule has 16 heavy (non-hydrogen) atoms. The second-order valence-electron chi connectivity index (χ2n) is 7.60. The van der Waals surface area contributed by atoms with Crippen molar-refractivity contribution >= 4 is 0 Å². The fourth-order valence-electron chi connectivity index (χ4n) is 5.57. The molecule has 2 fully saturated rings. The summed E-state index contributed by atoms with van der Waals surface area (Å²) in [6, 6.07) is 0. The van der Waals surface area contributed by atoms with Gasteiger partial charge in [-0.15, -0.1) is 0 Å². The van der Waals surface area contributed by atoms with Gasteiger partial charge in [-0.2, -0.15) is 0 Å². The van der Waals surface area contributed by atoms with E-state index in [4.69, 9.17) is 0 Å². The van der Waals surface area contributed by atoms with E-state index in [-0.39, 0.29) is 0 Å². The van der Waals surface area contributed by atoms with Crippen LogP contribution in [0.4, 0.5) is 0 Å². The van der Waals surface area contributed by atoms with E-state index in [1.165, 1.54) is 6.42 Å². The van der Waals surface area contributed by atoms with Gasteiger partial charge < -0.3 is 0 Å². The van der Waals surface area contributed by atoms with Crippen molar-refractivity contribution in [2.24, 2.45) is 46.8 Å². The predicted molar refractivity (Wildman–Crippen MR) is 71.2 cm³/mol. The van der Waals surface area contributed by atoms with Crippen LogP contribution in [0.3, 0.4) is 0 Å². The normalized spacial score (nSPS) is 56.1. The van der Waals surface area contributed by atoms with Crippen molar-refractivity contribution in [1.29, 1.82) is 0 Å². The standard InChI is InChI=1S/C16H30/c1-9-8-14-12(4)10(2)11(3)13(5)15(9)16(14,6)7/h9-15H,8H2,1-7H3. The van der Waals surface area contributed by atoms with Crippen LogP contribution in [0, 0.1) is 46.8 Å². The van der Waals surface area contributed by atoms with Crippen LogP contribution in [-0.4, -0.2) is 0 Å². The Labute approximate surface area is 102 Å². The lowest BCUT2D eigenvalue weighted by molar-refractivity contribution is 0.109. The maximum absolute atomic E-state index is 2.55. The van der Waals surface area contributed by atoms with Gasteiger partial charge in [-0.25, -0.2) is 0 Å². The molecule has 0 nitrogen and oxygen atoms in total. The molecule has 0 radical (unpaired) electrons. The van der Waals surface area contributed by atoms with E-state index in [1.54, 1.807) is 0 Å². The van der Waals surface area contributed by atoms with Gasteiger partial charge in [-0.05, 0) is 53.3 Å². The molecule has 0 heterocycles. The third-order valence-electron chi connectivity index (χ3n) is 6.74. The van der Waals surface area contributed by atoms with Gasteiger partial charge in [0.1, 0.15) is 0 Å². The molecule has 2 bridgehead atoms. The van der Waals surface area contributed by atoms with Crippen molar-refractivity contribution in [3.05, 3.63) is 0 Å². The molecule has 2 aliphatic rings. The first-order valence-electron chi connectivity index (χ1n) is 7.28. The van der Waals surface area contributed by atoms with E-state index in [1.807, 2.05) is 0 Å². The summed E-state index contributed by atoms with van der Waals surface area (Å²) in [5.41, 5.74) is 0.567. The molecular weight excluding hydrogens is 192 g/mol. The Kier molecular flexibility index (Phi) is 2.92. The first kappa shape index (κ1) is 12.5. The monoisotopic (exact) mass is 222 g/mol. The molecule has 0 aromatic rings. The van der Waals surface area contributed by atoms with Crippen molar-refractivity contribution in [3.8, 4) is 0 Å². The molecule has 7 atom stereocenters. The zero-order valence-corrected chi connectivity index (χ0v) is 12.2. The Morgan fingerprint density at radius 1 is 0.750 bits per heavy atom. The van der Waals surface area contributed by atoms with Gasteiger partial charge in [0.05, 0.1) is 0 Å². The Balaban J connectivity index is 2.43. The zero-order chi connectivity index (χ0) is 12.2. The molecule has 0 heteroatoms. The third kappa shape index (κ3) is 1.48. The molecule has 0 aromatic carbocycles. The van der Waals surface area contributed by atoms with Crippen LogP contribution in [0.5, 0.6) is 0 Å². The van der Waals surface area contributed by atoms with Gasteiger partial charge >= 0.3 is 0 Å². The first-order chi connectivity index (χ1) is 7.28. The van der Waals surface area contributed by atoms with Gasteiger partial charge in [-0.1, -0.05) is 48.5 Å². The number of rotatable bonds is 0. The fraction of sp³-hybridized carbons (Fsp3) is 1.00. The van der Waals surface area contributed by atoms with Crippen LogP contribution in [0.25, 0.3) is 0 Å². The average molecular weight is 222 g/mol. The second-order valence-corrected chi connectivity index (χ2v) is 7.60. The van der Waals surface area contributed by atoms with Gasteiger partial charge in [0.2, 0.25) is 0 Å². The van der Waals surface area contributed by atoms with Crippen molar-refractivity contribution in [2.75, 3.05) is 0 Å². The van der Waals surface area contributed by atoms with Crippen LogP contribution in [-0.2, 0) is 0 Å². The number of fused-ring (bicyclic) bond motifs is 2. The molecule has 0 saturated heterocycles. The molecule has 2 rings (SSSR count). The van der Waals surface area contributed by atoms with E-state index >= 15 is 0 Å². The number of hydrogen-bond donors (Lipinski definition) is 0. The van der Waals surface area contributed by atoms with Crippen LogP contribution in [0.1, 0.15) is 54.9 Å². The third-order valence-corrected chi connectivity index (χ3v) is 6.74. The van der Waals surface area contributed by atoms with E-state index in [0.29, 0.717) is 5.41 Å². The van der Waals surface area contributed by atoms with Gasteiger partial charge in [0.15, 0.2) is 0 Å². The quantitative estimate of drug-likeness (QED) is 0.550. The fourth-order valence-corrected chi connectivity index (χ4v) is 5.57. The smallest absolute Gasteiger partial charge is 0.0290 e. The minimum atomic E-state index is 0.567. The molecule has 0 aliphatic heterocycles. The van der Waals surface area contributed by atoms with Crippen molar-refractivity contribution in [3.63, 3.8) is 0 Å². The molecule has 94 valence electrons. The maximum atomic E-state index is 2.55. The van der Waals surface area contributed by atoms with Gasteiger partial charge in [-0.3, -0.25) is 0 Å². The highest BCUT2D eigenvalue weighted by Gasteiger charge is 2.55. The van der Waals surface area contributed by atoms with Gasteiger partial charge in [0.25, 0.3) is 0 Å². The molecule has 0 spiro atoms. The topological polar surface area (TPSA) is 0 Å². The summed E-state index contributed by atoms with van der Waals surface area (Å²) < 4.78 is 0. The van der Waals surface area contributed by atoms with Crippen molar-refractivity contribution in [2.45, 2.75) is 54.9 Å². The molecule has 0 aromatic heterocycles. The van der Waals surface area contributed by atoms with Crippen molar-refractivity contribution < 1.29 is 0 Å². The largest absolute Gasteiger partial charge is 0.0622 e. The van der Waals surface area contributed by atoms with E-state index in [9.17, 15) is 0 Å². The highest BCUT2D eigenvalue weighted by Crippen LogP contribution is 2.61. The maximum Gasteiger partial charge on any atom is -0.0290 e. The summed E-state index contributed by atoms with van der Waals surface area (Å²) in [7, 11) is 0. The highest BCUT2D eigenvalue weighted by molar-refractivity contribution is 5.03. The highest BCUT2D eigenvalue weighted by atomic mass is 14.6. The minimum Gasteiger partial charge on any atom is -0.0622 e. The van der Waals surface area contributed by atoms with Gasteiger partial charge in [0, 0.05) is 0 Å². The first-order valence-corrected chi connectivity index (χ1v) is 7.28. The summed E-state index contributed by atoms with van der Waals surface area (Å²) in [5, 5.41) is 0.